The highest BCUT2D eigenvalue weighted by Crippen LogP contribution is 2.30. The molecule has 0 aliphatic heterocycles. The second-order valence-electron chi connectivity index (χ2n) is 16.0. The SMILES string of the molecule is CC(C)C1CCCC1.CC(C)C1CCCCC1.CC(C)CCc1ccccc1.CC(C)Cc1ccccc1.CC(C)c1ccccc1. The molecule has 0 N–H and O–H groups in total. The molecule has 2 aliphatic carbocycles. The molecule has 3 aromatic rings. The van der Waals surface area contributed by atoms with Crippen molar-refractivity contribution >= 4 is 0 Å². The molecule has 2 aliphatic rings. The number of aryl methyl sites for hydroxylation is 1. The molecular weight excluding hydrogens is 565 g/mol. The highest BCUT2D eigenvalue weighted by atomic mass is 14.2. The average Bonchev–Trinajstić information content (AvgIpc) is 3.63. The lowest BCUT2D eigenvalue weighted by molar-refractivity contribution is 0.279. The molecule has 47 heavy (non-hydrogen) atoms. The van der Waals surface area contributed by atoms with Crippen molar-refractivity contribution in [2.75, 3.05) is 0 Å². The van der Waals surface area contributed by atoms with Crippen molar-refractivity contribution in [3.63, 3.8) is 0 Å². The number of rotatable bonds is 8. The summed E-state index contributed by atoms with van der Waals surface area (Å²) in [5, 5.41) is 0. The summed E-state index contributed by atoms with van der Waals surface area (Å²) in [4.78, 5) is 0. The minimum atomic E-state index is 0.659. The van der Waals surface area contributed by atoms with E-state index < -0.39 is 0 Å². The minimum Gasteiger partial charge on any atom is -0.0628 e. The van der Waals surface area contributed by atoms with Gasteiger partial charge in [0.25, 0.3) is 0 Å². The summed E-state index contributed by atoms with van der Waals surface area (Å²) < 4.78 is 0. The highest BCUT2D eigenvalue weighted by Gasteiger charge is 2.17. The van der Waals surface area contributed by atoms with Crippen LogP contribution in [0.5, 0.6) is 0 Å². The molecule has 0 atom stereocenters. The van der Waals surface area contributed by atoms with Crippen LogP contribution in [-0.2, 0) is 12.8 Å². The van der Waals surface area contributed by atoms with Gasteiger partial charge in [0.15, 0.2) is 0 Å². The van der Waals surface area contributed by atoms with Crippen molar-refractivity contribution in [1.82, 2.24) is 0 Å². The third kappa shape index (κ3) is 22.8. The van der Waals surface area contributed by atoms with Crippen LogP contribution < -0.4 is 0 Å². The summed E-state index contributed by atoms with van der Waals surface area (Å²) in [6.07, 6.45) is 17.1. The Kier molecular flexibility index (Phi) is 24.2. The van der Waals surface area contributed by atoms with Gasteiger partial charge < -0.3 is 0 Å². The van der Waals surface area contributed by atoms with Gasteiger partial charge in [-0.05, 0) is 77.4 Å². The zero-order chi connectivity index (χ0) is 34.9. The van der Waals surface area contributed by atoms with E-state index in [-0.39, 0.29) is 0 Å². The van der Waals surface area contributed by atoms with Gasteiger partial charge in [-0.3, -0.25) is 0 Å². The summed E-state index contributed by atoms with van der Waals surface area (Å²) in [6.45, 7) is 22.8. The molecule has 0 radical (unpaired) electrons. The van der Waals surface area contributed by atoms with Crippen molar-refractivity contribution in [3.05, 3.63) is 108 Å². The number of benzene rings is 3. The quantitative estimate of drug-likeness (QED) is 0.230. The number of hydrogen-bond donors (Lipinski definition) is 0. The summed E-state index contributed by atoms with van der Waals surface area (Å²) >= 11 is 0. The molecule has 0 amide bonds. The molecule has 0 spiro atoms. The van der Waals surface area contributed by atoms with E-state index in [1.165, 1.54) is 93.7 Å². The lowest BCUT2D eigenvalue weighted by Gasteiger charge is -2.24. The van der Waals surface area contributed by atoms with Crippen LogP contribution >= 0.6 is 0 Å². The third-order valence-corrected chi connectivity index (χ3v) is 9.74. The summed E-state index contributed by atoms with van der Waals surface area (Å²) in [5.74, 6) is 6.24. The van der Waals surface area contributed by atoms with E-state index in [2.05, 4.69) is 154 Å². The molecule has 0 nitrogen and oxygen atoms in total. The monoisotopic (exact) mass is 641 g/mol. The van der Waals surface area contributed by atoms with Crippen molar-refractivity contribution in [2.45, 2.75) is 152 Å². The van der Waals surface area contributed by atoms with Gasteiger partial charge in [0.2, 0.25) is 0 Å². The first kappa shape index (κ1) is 42.7. The Bertz CT molecular complexity index is 1050. The molecule has 3 aromatic carbocycles. The molecule has 0 bridgehead atoms. The predicted octanol–water partition coefficient (Wildman–Crippen LogP) is 15.0. The maximum absolute atomic E-state index is 2.36. The first-order valence-electron chi connectivity index (χ1n) is 19.6. The summed E-state index contributed by atoms with van der Waals surface area (Å²) in [7, 11) is 0. The van der Waals surface area contributed by atoms with Crippen LogP contribution in [0.4, 0.5) is 0 Å². The van der Waals surface area contributed by atoms with E-state index in [0.717, 1.165) is 35.5 Å². The molecular formula is C47H76. The Hall–Kier alpha value is -2.34. The fraction of sp³-hybridized carbons (Fsp3) is 0.617. The van der Waals surface area contributed by atoms with E-state index in [0.29, 0.717) is 5.92 Å². The lowest BCUT2D eigenvalue weighted by Crippen LogP contribution is -2.12. The molecule has 264 valence electrons. The van der Waals surface area contributed by atoms with Crippen LogP contribution in [0.25, 0.3) is 0 Å². The molecule has 2 saturated carbocycles. The van der Waals surface area contributed by atoms with Crippen LogP contribution in [-0.4, -0.2) is 0 Å². The Morgan fingerprint density at radius 2 is 0.830 bits per heavy atom. The van der Waals surface area contributed by atoms with E-state index in [4.69, 9.17) is 0 Å². The summed E-state index contributed by atoms with van der Waals surface area (Å²) in [6, 6.07) is 31.8. The van der Waals surface area contributed by atoms with Crippen molar-refractivity contribution in [3.8, 4) is 0 Å². The van der Waals surface area contributed by atoms with E-state index in [1.54, 1.807) is 0 Å². The number of hydrogen-bond acceptors (Lipinski definition) is 0. The lowest BCUT2D eigenvalue weighted by atomic mass is 9.82. The molecule has 0 heterocycles. The largest absolute Gasteiger partial charge is 0.0628 e. The van der Waals surface area contributed by atoms with Gasteiger partial charge in [-0.1, -0.05) is 218 Å². The molecule has 0 unspecified atom stereocenters. The zero-order valence-corrected chi connectivity index (χ0v) is 32.7. The molecule has 2 fully saturated rings. The Balaban J connectivity index is 0.000000295. The average molecular weight is 641 g/mol. The standard InChI is InChI=1S/C11H16.C10H14.C9H18.C9H12.C8H16/c1-10(2)8-9-11-6-4-3-5-7-11;1-9(2)8-10-6-4-3-5-7-10;2*1-8(2)9-6-4-3-5-7-9;1-7(2)8-5-3-4-6-8/h3-7,10H,8-9H2,1-2H3;3-7,9H,8H2,1-2H3;8-9H,3-7H2,1-2H3;3-8H,1-2H3;7-8H,3-6H2,1-2H3. The van der Waals surface area contributed by atoms with E-state index in [1.807, 2.05) is 6.07 Å². The van der Waals surface area contributed by atoms with Crippen LogP contribution in [0.15, 0.2) is 91.0 Å². The normalized spacial score (nSPS) is 14.9. The van der Waals surface area contributed by atoms with E-state index >= 15 is 0 Å². The zero-order valence-electron chi connectivity index (χ0n) is 32.7. The van der Waals surface area contributed by atoms with Crippen LogP contribution in [0.2, 0.25) is 0 Å². The Morgan fingerprint density at radius 1 is 0.447 bits per heavy atom. The second kappa shape index (κ2) is 26.6. The van der Waals surface area contributed by atoms with Gasteiger partial charge in [-0.15, -0.1) is 0 Å². The fourth-order valence-corrected chi connectivity index (χ4v) is 6.45. The minimum absolute atomic E-state index is 0.659. The maximum Gasteiger partial charge on any atom is -0.0219 e. The van der Waals surface area contributed by atoms with Crippen LogP contribution in [0.1, 0.15) is 156 Å². The van der Waals surface area contributed by atoms with Crippen molar-refractivity contribution < 1.29 is 0 Å². The molecule has 0 saturated heterocycles. The Labute approximate surface area is 294 Å². The summed E-state index contributed by atoms with van der Waals surface area (Å²) in [5.41, 5.74) is 4.32. The fourth-order valence-electron chi connectivity index (χ4n) is 6.45. The van der Waals surface area contributed by atoms with Gasteiger partial charge in [-0.25, -0.2) is 0 Å². The van der Waals surface area contributed by atoms with Gasteiger partial charge in [0.1, 0.15) is 0 Å². The predicted molar refractivity (Wildman–Crippen MR) is 213 cm³/mol. The molecule has 0 aromatic heterocycles. The van der Waals surface area contributed by atoms with Gasteiger partial charge in [0.05, 0.1) is 0 Å². The van der Waals surface area contributed by atoms with Crippen LogP contribution in [0, 0.1) is 35.5 Å². The van der Waals surface area contributed by atoms with Gasteiger partial charge >= 0.3 is 0 Å². The maximum atomic E-state index is 2.36. The first-order valence-corrected chi connectivity index (χ1v) is 19.6. The van der Waals surface area contributed by atoms with Crippen LogP contribution in [0.3, 0.4) is 0 Å². The van der Waals surface area contributed by atoms with Crippen molar-refractivity contribution in [1.29, 1.82) is 0 Å². The van der Waals surface area contributed by atoms with Gasteiger partial charge in [0, 0.05) is 0 Å². The second-order valence-corrected chi connectivity index (χ2v) is 16.0. The third-order valence-electron chi connectivity index (χ3n) is 9.74. The van der Waals surface area contributed by atoms with E-state index in [9.17, 15) is 0 Å². The van der Waals surface area contributed by atoms with Crippen molar-refractivity contribution in [2.24, 2.45) is 35.5 Å². The first-order chi connectivity index (χ1) is 22.5. The topological polar surface area (TPSA) is 0 Å². The van der Waals surface area contributed by atoms with Gasteiger partial charge in [-0.2, -0.15) is 0 Å². The highest BCUT2D eigenvalue weighted by molar-refractivity contribution is 5.18. The molecule has 5 rings (SSSR count). The smallest absolute Gasteiger partial charge is 0.0219 e. The Morgan fingerprint density at radius 3 is 1.15 bits per heavy atom. The molecule has 0 heteroatoms.